The van der Waals surface area contributed by atoms with Gasteiger partial charge in [0.05, 0.1) is 25.4 Å². The summed E-state index contributed by atoms with van der Waals surface area (Å²) in [5.41, 5.74) is 0. The fourth-order valence-electron chi connectivity index (χ4n) is 3.56. The first-order chi connectivity index (χ1) is 14.8. The van der Waals surface area contributed by atoms with Crippen LogP contribution in [0.3, 0.4) is 0 Å². The van der Waals surface area contributed by atoms with Crippen LogP contribution in [0.2, 0.25) is 0 Å². The number of carboxylic acid groups (broad SMARTS) is 1. The molecule has 2 aliphatic rings. The molecule has 186 valence electrons. The van der Waals surface area contributed by atoms with E-state index in [2.05, 4.69) is 5.32 Å². The second-order valence-corrected chi connectivity index (χ2v) is 7.73. The van der Waals surface area contributed by atoms with E-state index in [-0.39, 0.29) is 0 Å². The number of carboxylic acids is 1. The number of hydrogen-bond donors (Lipinski definition) is 10. The Bertz CT molecular complexity index is 665. The van der Waals surface area contributed by atoms with Crippen molar-refractivity contribution in [3.8, 4) is 0 Å². The lowest BCUT2D eigenvalue weighted by atomic mass is 9.88. The number of aliphatic carboxylic acids is 1. The van der Waals surface area contributed by atoms with Crippen molar-refractivity contribution in [3.05, 3.63) is 0 Å². The maximum atomic E-state index is 12.0. The molecule has 2 fully saturated rings. The molecule has 1 amide bonds. The highest BCUT2D eigenvalue weighted by Crippen LogP contribution is 2.34. The zero-order valence-corrected chi connectivity index (χ0v) is 17.0. The van der Waals surface area contributed by atoms with Gasteiger partial charge in [0, 0.05) is 13.3 Å². The first-order valence-electron chi connectivity index (χ1n) is 9.69. The summed E-state index contributed by atoms with van der Waals surface area (Å²) in [6.07, 6.45) is -16.9. The van der Waals surface area contributed by atoms with E-state index >= 15 is 0 Å². The molecule has 10 N–H and O–H groups in total. The molecule has 11 atom stereocenters. The monoisotopic (exact) mass is 471 g/mol. The molecule has 0 radical (unpaired) electrons. The molecule has 2 heterocycles. The minimum atomic E-state index is -2.69. The molecular formula is C17H29NO14. The van der Waals surface area contributed by atoms with Crippen LogP contribution >= 0.6 is 0 Å². The number of aliphatic hydroxyl groups excluding tert-OH is 8. The average molecular weight is 471 g/mol. The lowest BCUT2D eigenvalue weighted by Crippen LogP contribution is -2.68. The smallest absolute Gasteiger partial charge is 0.364 e. The van der Waals surface area contributed by atoms with Crippen LogP contribution < -0.4 is 5.32 Å². The predicted molar refractivity (Wildman–Crippen MR) is 97.4 cm³/mol. The highest BCUT2D eigenvalue weighted by atomic mass is 16.7. The van der Waals surface area contributed by atoms with Gasteiger partial charge in [-0.2, -0.15) is 0 Å². The number of aliphatic hydroxyl groups is 8. The van der Waals surface area contributed by atoms with Crippen molar-refractivity contribution in [2.24, 2.45) is 0 Å². The molecule has 2 saturated heterocycles. The summed E-state index contributed by atoms with van der Waals surface area (Å²) in [7, 11) is 0. The molecule has 0 aromatic heterocycles. The summed E-state index contributed by atoms with van der Waals surface area (Å²) in [6, 6.07) is -1.39. The lowest BCUT2D eigenvalue weighted by Gasteiger charge is -2.47. The first-order valence-corrected chi connectivity index (χ1v) is 9.69. The van der Waals surface area contributed by atoms with Gasteiger partial charge in [-0.05, 0) is 0 Å². The number of carbonyl (C=O) groups is 2. The van der Waals surface area contributed by atoms with Crippen LogP contribution in [-0.4, -0.2) is 138 Å². The molecule has 32 heavy (non-hydrogen) atoms. The molecule has 0 aromatic rings. The number of hydrogen-bond acceptors (Lipinski definition) is 13. The number of ether oxygens (including phenoxy) is 3. The van der Waals surface area contributed by atoms with Gasteiger partial charge in [0.25, 0.3) is 5.79 Å². The summed E-state index contributed by atoms with van der Waals surface area (Å²) >= 11 is 0. The van der Waals surface area contributed by atoms with Crippen molar-refractivity contribution in [1.29, 1.82) is 0 Å². The molecule has 0 aliphatic carbocycles. The van der Waals surface area contributed by atoms with E-state index in [1.165, 1.54) is 0 Å². The third-order valence-corrected chi connectivity index (χ3v) is 5.35. The van der Waals surface area contributed by atoms with Crippen molar-refractivity contribution in [2.45, 2.75) is 80.3 Å². The minimum Gasteiger partial charge on any atom is -0.477 e. The zero-order valence-electron chi connectivity index (χ0n) is 17.0. The van der Waals surface area contributed by atoms with Crippen LogP contribution in [0.25, 0.3) is 0 Å². The quantitative estimate of drug-likeness (QED) is 0.158. The zero-order chi connectivity index (χ0) is 24.4. The Balaban J connectivity index is 2.27. The van der Waals surface area contributed by atoms with Gasteiger partial charge >= 0.3 is 5.97 Å². The second-order valence-electron chi connectivity index (χ2n) is 7.73. The van der Waals surface area contributed by atoms with Crippen LogP contribution in [0.4, 0.5) is 0 Å². The largest absolute Gasteiger partial charge is 0.477 e. The first kappa shape index (κ1) is 26.7. The van der Waals surface area contributed by atoms with Gasteiger partial charge in [0.15, 0.2) is 6.29 Å². The highest BCUT2D eigenvalue weighted by molar-refractivity contribution is 5.76. The van der Waals surface area contributed by atoms with E-state index in [0.717, 1.165) is 6.92 Å². The Morgan fingerprint density at radius 3 is 2.28 bits per heavy atom. The minimum absolute atomic E-state index is 0.669. The van der Waals surface area contributed by atoms with Gasteiger partial charge < -0.3 is 65.5 Å². The fraction of sp³-hybridized carbons (Fsp3) is 0.882. The highest BCUT2D eigenvalue weighted by Gasteiger charge is 2.56. The summed E-state index contributed by atoms with van der Waals surface area (Å²) in [5, 5.41) is 90.6. The maximum Gasteiger partial charge on any atom is 0.364 e. The molecule has 0 aromatic carbocycles. The topological polar surface area (TPSA) is 256 Å². The predicted octanol–water partition coefficient (Wildman–Crippen LogP) is -6.05. The van der Waals surface area contributed by atoms with Crippen LogP contribution in [0.5, 0.6) is 0 Å². The molecule has 0 saturated carbocycles. The summed E-state index contributed by atoms with van der Waals surface area (Å²) < 4.78 is 15.5. The third kappa shape index (κ3) is 5.52. The Kier molecular flexibility index (Phi) is 8.88. The van der Waals surface area contributed by atoms with Crippen LogP contribution in [0.1, 0.15) is 13.3 Å². The van der Waals surface area contributed by atoms with E-state index < -0.39 is 98.5 Å². The molecule has 2 rings (SSSR count). The maximum absolute atomic E-state index is 12.0. The normalized spacial score (nSPS) is 42.2. The number of carbonyl (C=O) groups excluding carboxylic acids is 1. The van der Waals surface area contributed by atoms with Crippen molar-refractivity contribution in [3.63, 3.8) is 0 Å². The molecule has 0 spiro atoms. The number of amides is 1. The van der Waals surface area contributed by atoms with E-state index in [1.54, 1.807) is 0 Å². The van der Waals surface area contributed by atoms with Crippen LogP contribution in [0.15, 0.2) is 0 Å². The van der Waals surface area contributed by atoms with Crippen molar-refractivity contribution in [1.82, 2.24) is 5.32 Å². The van der Waals surface area contributed by atoms with E-state index in [0.29, 0.717) is 0 Å². The van der Waals surface area contributed by atoms with Gasteiger partial charge in [-0.25, -0.2) is 4.79 Å². The summed E-state index contributed by atoms with van der Waals surface area (Å²) in [4.78, 5) is 23.5. The van der Waals surface area contributed by atoms with Gasteiger partial charge in [0.1, 0.15) is 42.7 Å². The van der Waals surface area contributed by atoms with Crippen LogP contribution in [0, 0.1) is 0 Å². The Morgan fingerprint density at radius 2 is 1.75 bits per heavy atom. The van der Waals surface area contributed by atoms with Gasteiger partial charge in [-0.1, -0.05) is 0 Å². The van der Waals surface area contributed by atoms with E-state index in [1.807, 2.05) is 0 Å². The number of nitrogens with one attached hydrogen (secondary N) is 1. The van der Waals surface area contributed by atoms with Crippen LogP contribution in [-0.2, 0) is 23.8 Å². The third-order valence-electron chi connectivity index (χ3n) is 5.35. The molecular weight excluding hydrogens is 442 g/mol. The number of rotatable bonds is 8. The Hall–Kier alpha value is -1.50. The second kappa shape index (κ2) is 10.6. The Morgan fingerprint density at radius 1 is 1.12 bits per heavy atom. The SMILES string of the molecule is CC(=O)NC1C(O)CC(OCC2OC(O)C(O)C(O)C2O)(C(=O)O)OC1[C@H](O)C(O)CO. The lowest BCUT2D eigenvalue weighted by molar-refractivity contribution is -0.334. The molecule has 2 aliphatic heterocycles. The molecule has 0 bridgehead atoms. The van der Waals surface area contributed by atoms with Crippen molar-refractivity contribution in [2.75, 3.05) is 13.2 Å². The molecule has 15 nitrogen and oxygen atoms in total. The fourth-order valence-corrected chi connectivity index (χ4v) is 3.56. The van der Waals surface area contributed by atoms with Crippen molar-refractivity contribution < 1.29 is 69.8 Å². The molecule has 10 unspecified atom stereocenters. The molecule has 15 heteroatoms. The van der Waals surface area contributed by atoms with Gasteiger partial charge in [-0.15, -0.1) is 0 Å². The average Bonchev–Trinajstić information content (AvgIpc) is 2.73. The Labute approximate surface area is 181 Å². The van der Waals surface area contributed by atoms with E-state index in [4.69, 9.17) is 19.3 Å². The van der Waals surface area contributed by atoms with Gasteiger partial charge in [0.2, 0.25) is 5.91 Å². The van der Waals surface area contributed by atoms with Gasteiger partial charge in [-0.3, -0.25) is 4.79 Å². The van der Waals surface area contributed by atoms with E-state index in [9.17, 15) is 50.4 Å². The standard InChI is InChI=1S/C17H29NO14/c1-5(20)18-9-6(21)2-17(16(28)29,32-14(9)10(23)7(22)3-19)30-4-8-11(24)12(25)13(26)15(27)31-8/h6-15,19,21-27H,2-4H2,1H3,(H,18,20)(H,28,29)/t6?,7?,8?,9?,10-,11?,12?,13?,14?,15?,17?/m1/s1. The van der Waals surface area contributed by atoms with Crippen molar-refractivity contribution >= 4 is 11.9 Å². The summed E-state index contributed by atoms with van der Waals surface area (Å²) in [6.45, 7) is -0.691. The summed E-state index contributed by atoms with van der Waals surface area (Å²) in [5.74, 6) is -5.15.